The molecule has 0 saturated heterocycles. The van der Waals surface area contributed by atoms with Crippen molar-refractivity contribution in [2.24, 2.45) is 0 Å². The van der Waals surface area contributed by atoms with E-state index in [0.29, 0.717) is 11.4 Å². The normalized spacial score (nSPS) is 14.6. The van der Waals surface area contributed by atoms with Gasteiger partial charge in [0.25, 0.3) is 0 Å². The molecule has 0 bridgehead atoms. The van der Waals surface area contributed by atoms with E-state index in [4.69, 9.17) is 5.26 Å². The molecule has 1 aromatic heterocycles. The summed E-state index contributed by atoms with van der Waals surface area (Å²) in [5.74, 6) is 0. The topological polar surface area (TPSA) is 49.6 Å². The van der Waals surface area contributed by atoms with E-state index in [1.165, 1.54) is 19.3 Å². The first kappa shape index (κ1) is 10.3. The lowest BCUT2D eigenvalue weighted by Gasteiger charge is -2.10. The van der Waals surface area contributed by atoms with E-state index in [9.17, 15) is 4.39 Å². The quantitative estimate of drug-likeness (QED) is 0.619. The number of aromatic nitrogens is 2. The average Bonchev–Trinajstić information content (AvgIpc) is 2.04. The minimum Gasteiger partial charge on any atom is -0.240 e. The first-order chi connectivity index (χ1) is 6.04. The molecule has 68 valence electrons. The maximum absolute atomic E-state index is 13.4. The fraction of sp³-hybridized carbons (Fsp3) is 0.375. The van der Waals surface area contributed by atoms with Crippen LogP contribution < -0.4 is 0 Å². The van der Waals surface area contributed by atoms with Gasteiger partial charge in [-0.05, 0) is 35.6 Å². The van der Waals surface area contributed by atoms with E-state index in [2.05, 4.69) is 9.97 Å². The molecule has 13 heavy (non-hydrogen) atoms. The molecule has 0 aliphatic rings. The van der Waals surface area contributed by atoms with Crippen molar-refractivity contribution < 1.29 is 4.39 Å². The molecular formula is C8H7FIN3. The smallest absolute Gasteiger partial charge is 0.200 e. The molecule has 1 heterocycles. The second kappa shape index (κ2) is 3.96. The van der Waals surface area contributed by atoms with Crippen molar-refractivity contribution in [3.8, 4) is 6.07 Å². The average molecular weight is 291 g/mol. The molecule has 0 radical (unpaired) electrons. The molecule has 5 heteroatoms. The van der Waals surface area contributed by atoms with Crippen LogP contribution in [-0.4, -0.2) is 9.97 Å². The summed E-state index contributed by atoms with van der Waals surface area (Å²) in [6, 6.07) is 3.46. The zero-order chi connectivity index (χ0) is 9.90. The lowest BCUT2D eigenvalue weighted by Crippen LogP contribution is -2.08. The predicted molar refractivity (Wildman–Crippen MR) is 53.8 cm³/mol. The number of rotatable bonds is 2. The molecule has 1 aromatic rings. The number of alkyl halides is 2. The third kappa shape index (κ3) is 2.88. The first-order valence-corrected chi connectivity index (χ1v) is 4.68. The first-order valence-electron chi connectivity index (χ1n) is 3.60. The van der Waals surface area contributed by atoms with Crippen LogP contribution in [0.15, 0.2) is 12.4 Å². The Labute approximate surface area is 89.2 Å². The Morgan fingerprint density at radius 1 is 1.69 bits per heavy atom. The maximum Gasteiger partial charge on any atom is 0.200 e. The third-order valence-corrected chi connectivity index (χ3v) is 1.99. The van der Waals surface area contributed by atoms with Gasteiger partial charge in [-0.1, -0.05) is 0 Å². The second-order valence-electron chi connectivity index (χ2n) is 2.62. The van der Waals surface area contributed by atoms with Crippen molar-refractivity contribution in [1.29, 1.82) is 5.26 Å². The summed E-state index contributed by atoms with van der Waals surface area (Å²) in [5, 5.41) is 8.41. The molecule has 3 nitrogen and oxygen atoms in total. The van der Waals surface area contributed by atoms with Gasteiger partial charge < -0.3 is 0 Å². The molecule has 0 aromatic carbocycles. The number of nitrogens with zero attached hydrogens (tertiary/aromatic N) is 3. The summed E-state index contributed by atoms with van der Waals surface area (Å²) in [6.07, 6.45) is 1.46. The highest BCUT2D eigenvalue weighted by molar-refractivity contribution is 14.1. The molecule has 0 fully saturated rings. The molecule has 1 unspecified atom stereocenters. The van der Waals surface area contributed by atoms with Gasteiger partial charge in [-0.3, -0.25) is 0 Å². The SMILES string of the molecule is CC(F)(I)c1cc(CC#N)ncn1. The zero-order valence-corrected chi connectivity index (χ0v) is 9.12. The standard InChI is InChI=1S/C8H7FIN3/c1-8(9,10)7-4-6(2-3-11)12-5-13-7/h4-5H,2H2,1H3. The van der Waals surface area contributed by atoms with Crippen molar-refractivity contribution in [2.75, 3.05) is 0 Å². The Hall–Kier alpha value is -0.770. The highest BCUT2D eigenvalue weighted by atomic mass is 127. The molecule has 0 aliphatic heterocycles. The Bertz CT molecular complexity index is 340. The Morgan fingerprint density at radius 3 is 2.92 bits per heavy atom. The van der Waals surface area contributed by atoms with Gasteiger partial charge in [-0.25, -0.2) is 14.4 Å². The minimum atomic E-state index is -1.51. The molecular weight excluding hydrogens is 284 g/mol. The van der Waals surface area contributed by atoms with Gasteiger partial charge in [-0.2, -0.15) is 5.26 Å². The number of hydrogen-bond acceptors (Lipinski definition) is 3. The predicted octanol–water partition coefficient (Wildman–Crippen LogP) is 2.12. The summed E-state index contributed by atoms with van der Waals surface area (Å²) < 4.78 is 11.8. The Balaban J connectivity index is 3.00. The zero-order valence-electron chi connectivity index (χ0n) is 6.96. The van der Waals surface area contributed by atoms with E-state index in [1.807, 2.05) is 6.07 Å². The van der Waals surface area contributed by atoms with E-state index in [1.54, 1.807) is 22.6 Å². The number of hydrogen-bond donors (Lipinski definition) is 0. The van der Waals surface area contributed by atoms with Crippen LogP contribution in [0, 0.1) is 11.3 Å². The van der Waals surface area contributed by atoms with Crippen LogP contribution in [0.1, 0.15) is 18.3 Å². The van der Waals surface area contributed by atoms with Gasteiger partial charge in [0.1, 0.15) is 6.33 Å². The molecule has 1 rings (SSSR count). The van der Waals surface area contributed by atoms with Crippen molar-refractivity contribution in [3.63, 3.8) is 0 Å². The Kier molecular flexibility index (Phi) is 3.14. The van der Waals surface area contributed by atoms with Crippen molar-refractivity contribution in [3.05, 3.63) is 23.8 Å². The van der Waals surface area contributed by atoms with Crippen molar-refractivity contribution >= 4 is 22.6 Å². The molecule has 0 N–H and O–H groups in total. The van der Waals surface area contributed by atoms with Crippen LogP contribution >= 0.6 is 22.6 Å². The lowest BCUT2D eigenvalue weighted by atomic mass is 10.2. The molecule has 1 atom stereocenters. The second-order valence-corrected chi connectivity index (χ2v) is 4.64. The summed E-state index contributed by atoms with van der Waals surface area (Å²) in [5.41, 5.74) is 0.849. The van der Waals surface area contributed by atoms with Crippen molar-refractivity contribution in [1.82, 2.24) is 9.97 Å². The van der Waals surface area contributed by atoms with Crippen LogP contribution in [-0.2, 0) is 10.1 Å². The van der Waals surface area contributed by atoms with Crippen LogP contribution in [0.5, 0.6) is 0 Å². The Morgan fingerprint density at radius 2 is 2.38 bits per heavy atom. The largest absolute Gasteiger partial charge is 0.240 e. The summed E-state index contributed by atoms with van der Waals surface area (Å²) in [4.78, 5) is 7.63. The van der Waals surface area contributed by atoms with Crippen LogP contribution in [0.4, 0.5) is 4.39 Å². The molecule has 0 saturated carbocycles. The minimum absolute atomic E-state index is 0.183. The van der Waals surface area contributed by atoms with Crippen LogP contribution in [0.25, 0.3) is 0 Å². The fourth-order valence-electron chi connectivity index (χ4n) is 0.815. The lowest BCUT2D eigenvalue weighted by molar-refractivity contribution is 0.340. The van der Waals surface area contributed by atoms with Gasteiger partial charge >= 0.3 is 0 Å². The van der Waals surface area contributed by atoms with Crippen molar-refractivity contribution in [2.45, 2.75) is 17.0 Å². The van der Waals surface area contributed by atoms with Crippen LogP contribution in [0.2, 0.25) is 0 Å². The summed E-state index contributed by atoms with van der Waals surface area (Å²) in [6.45, 7) is 1.41. The monoisotopic (exact) mass is 291 g/mol. The fourth-order valence-corrected chi connectivity index (χ4v) is 1.11. The number of halogens is 2. The molecule has 0 spiro atoms. The number of nitriles is 1. The van der Waals surface area contributed by atoms with Gasteiger partial charge in [0.15, 0.2) is 3.68 Å². The van der Waals surface area contributed by atoms with Gasteiger partial charge in [0, 0.05) is 0 Å². The highest BCUT2D eigenvalue weighted by Crippen LogP contribution is 2.31. The van der Waals surface area contributed by atoms with Gasteiger partial charge in [0.05, 0.1) is 23.9 Å². The van der Waals surface area contributed by atoms with E-state index in [-0.39, 0.29) is 6.42 Å². The van der Waals surface area contributed by atoms with E-state index in [0.717, 1.165) is 0 Å². The highest BCUT2D eigenvalue weighted by Gasteiger charge is 2.23. The van der Waals surface area contributed by atoms with Gasteiger partial charge in [-0.15, -0.1) is 0 Å². The molecule has 0 amide bonds. The van der Waals surface area contributed by atoms with E-state index < -0.39 is 3.68 Å². The maximum atomic E-state index is 13.4. The van der Waals surface area contributed by atoms with E-state index >= 15 is 0 Å². The summed E-state index contributed by atoms with van der Waals surface area (Å²) >= 11 is 1.65. The van der Waals surface area contributed by atoms with Gasteiger partial charge in [0.2, 0.25) is 0 Å². The summed E-state index contributed by atoms with van der Waals surface area (Å²) in [7, 11) is 0. The van der Waals surface area contributed by atoms with Crippen LogP contribution in [0.3, 0.4) is 0 Å². The molecule has 0 aliphatic carbocycles. The third-order valence-electron chi connectivity index (χ3n) is 1.43.